The molecule has 0 unspecified atom stereocenters. The van der Waals surface area contributed by atoms with E-state index >= 15 is 0 Å². The number of carbonyl (C=O) groups excluding carboxylic acids is 2. The number of hydrogen-bond acceptors (Lipinski definition) is 3. The number of esters is 1. The number of methoxy groups -OCH3 is 1. The monoisotopic (exact) mass is 523 g/mol. The normalized spacial score (nSPS) is 11.8. The Bertz CT molecular complexity index is 1230. The van der Waals surface area contributed by atoms with Crippen molar-refractivity contribution >= 4 is 17.4 Å². The molecule has 0 saturated carbocycles. The molecule has 1 N–H and O–H groups in total. The molecule has 3 aromatic rings. The van der Waals surface area contributed by atoms with E-state index in [0.29, 0.717) is 11.1 Å². The molecule has 7 heteroatoms. The van der Waals surface area contributed by atoms with Gasteiger partial charge in [0.15, 0.2) is 0 Å². The molecule has 4 nitrogen and oxygen atoms in total. The maximum absolute atomic E-state index is 12.9. The van der Waals surface area contributed by atoms with Crippen molar-refractivity contribution < 1.29 is 27.5 Å². The summed E-state index contributed by atoms with van der Waals surface area (Å²) in [5, 5.41) is 2.71. The number of amides is 1. The van der Waals surface area contributed by atoms with Crippen molar-refractivity contribution in [1.82, 2.24) is 5.32 Å². The molecule has 0 aliphatic carbocycles. The van der Waals surface area contributed by atoms with E-state index in [2.05, 4.69) is 23.1 Å². The maximum Gasteiger partial charge on any atom is 0.416 e. The molecule has 0 aliphatic rings. The number of alkyl halides is 3. The summed E-state index contributed by atoms with van der Waals surface area (Å²) < 4.78 is 43.3. The Balaban J connectivity index is 1.79. The highest BCUT2D eigenvalue weighted by Crippen LogP contribution is 2.32. The van der Waals surface area contributed by atoms with E-state index < -0.39 is 11.7 Å². The lowest BCUT2D eigenvalue weighted by Gasteiger charge is -2.12. The number of nitrogens with one attached hydrogen (secondary N) is 1. The van der Waals surface area contributed by atoms with Crippen molar-refractivity contribution in [2.45, 2.75) is 45.2 Å². The quantitative estimate of drug-likeness (QED) is 0.207. The second-order valence-corrected chi connectivity index (χ2v) is 8.93. The molecule has 0 aliphatic heterocycles. The van der Waals surface area contributed by atoms with Crippen LogP contribution in [0.4, 0.5) is 13.2 Å². The smallest absolute Gasteiger partial charge is 0.416 e. The first-order valence-electron chi connectivity index (χ1n) is 12.7. The van der Waals surface area contributed by atoms with Gasteiger partial charge in [0, 0.05) is 12.1 Å². The van der Waals surface area contributed by atoms with Gasteiger partial charge in [-0.2, -0.15) is 13.2 Å². The van der Waals surface area contributed by atoms with E-state index in [4.69, 9.17) is 0 Å². The molecule has 3 rings (SSSR count). The van der Waals surface area contributed by atoms with Crippen molar-refractivity contribution in [3.8, 4) is 11.1 Å². The summed E-state index contributed by atoms with van der Waals surface area (Å²) in [4.78, 5) is 23.7. The molecule has 200 valence electrons. The van der Waals surface area contributed by atoms with Gasteiger partial charge in [0.25, 0.3) is 5.91 Å². The molecule has 0 fully saturated rings. The third-order valence-corrected chi connectivity index (χ3v) is 6.20. The highest BCUT2D eigenvalue weighted by atomic mass is 19.4. The molecule has 0 saturated heterocycles. The average molecular weight is 524 g/mol. The zero-order valence-corrected chi connectivity index (χ0v) is 21.6. The molecule has 0 radical (unpaired) electrons. The van der Waals surface area contributed by atoms with E-state index in [1.165, 1.54) is 19.2 Å². The number of ether oxygens (including phenoxy) is 1. The summed E-state index contributed by atoms with van der Waals surface area (Å²) in [7, 11) is 1.30. The van der Waals surface area contributed by atoms with Crippen LogP contribution in [0.25, 0.3) is 16.7 Å². The number of hydrogen-bond donors (Lipinski definition) is 1. The molecule has 1 amide bonds. The van der Waals surface area contributed by atoms with Crippen LogP contribution in [0.2, 0.25) is 0 Å². The van der Waals surface area contributed by atoms with E-state index in [0.717, 1.165) is 60.1 Å². The van der Waals surface area contributed by atoms with Crippen LogP contribution in [0.5, 0.6) is 0 Å². The first-order chi connectivity index (χ1) is 18.2. The van der Waals surface area contributed by atoms with Crippen LogP contribution in [-0.2, 0) is 15.7 Å². The van der Waals surface area contributed by atoms with Crippen LogP contribution in [0, 0.1) is 0 Å². The van der Waals surface area contributed by atoms with Crippen molar-refractivity contribution in [1.29, 1.82) is 0 Å². The third-order valence-electron chi connectivity index (χ3n) is 6.20. The Morgan fingerprint density at radius 3 is 1.87 bits per heavy atom. The van der Waals surface area contributed by atoms with E-state index in [1.807, 2.05) is 36.4 Å². The van der Waals surface area contributed by atoms with Gasteiger partial charge >= 0.3 is 12.1 Å². The molecular formula is C31H32F3NO3. The van der Waals surface area contributed by atoms with Crippen molar-refractivity contribution in [3.05, 3.63) is 101 Å². The Morgan fingerprint density at radius 2 is 1.34 bits per heavy atom. The summed E-state index contributed by atoms with van der Waals surface area (Å²) in [5.41, 5.74) is 4.31. The van der Waals surface area contributed by atoms with Crippen LogP contribution in [0.15, 0.2) is 78.9 Å². The highest BCUT2D eigenvalue weighted by molar-refractivity contribution is 5.95. The zero-order chi connectivity index (χ0) is 27.5. The lowest BCUT2D eigenvalue weighted by Crippen LogP contribution is -2.26. The first-order valence-corrected chi connectivity index (χ1v) is 12.7. The van der Waals surface area contributed by atoms with Crippen molar-refractivity contribution in [3.63, 3.8) is 0 Å². The average Bonchev–Trinajstić information content (AvgIpc) is 2.93. The topological polar surface area (TPSA) is 55.4 Å². The van der Waals surface area contributed by atoms with E-state index in [9.17, 15) is 22.8 Å². The summed E-state index contributed by atoms with van der Waals surface area (Å²) in [6.07, 6.45) is 2.14. The zero-order valence-electron chi connectivity index (χ0n) is 21.6. The summed E-state index contributed by atoms with van der Waals surface area (Å²) in [6, 6.07) is 20.2. The fourth-order valence-electron chi connectivity index (χ4n) is 4.02. The van der Waals surface area contributed by atoms with Gasteiger partial charge in [-0.3, -0.25) is 9.59 Å². The highest BCUT2D eigenvalue weighted by Gasteiger charge is 2.29. The van der Waals surface area contributed by atoms with Crippen molar-refractivity contribution in [2.24, 2.45) is 0 Å². The lowest BCUT2D eigenvalue weighted by molar-refractivity contribution is -0.140. The number of rotatable bonds is 11. The van der Waals surface area contributed by atoms with Gasteiger partial charge in [-0.05, 0) is 64.9 Å². The minimum absolute atomic E-state index is 0.105. The van der Waals surface area contributed by atoms with Crippen LogP contribution in [-0.4, -0.2) is 25.5 Å². The molecule has 0 spiro atoms. The predicted molar refractivity (Wildman–Crippen MR) is 144 cm³/mol. The van der Waals surface area contributed by atoms with Gasteiger partial charge in [0.2, 0.25) is 0 Å². The lowest BCUT2D eigenvalue weighted by atomic mass is 9.93. The second-order valence-electron chi connectivity index (χ2n) is 8.93. The second kappa shape index (κ2) is 13.6. The molecule has 0 atom stereocenters. The molecule has 38 heavy (non-hydrogen) atoms. The maximum atomic E-state index is 12.9. The first kappa shape index (κ1) is 28.7. The van der Waals surface area contributed by atoms with Crippen LogP contribution >= 0.6 is 0 Å². The Kier molecular flexibility index (Phi) is 10.3. The molecule has 0 heterocycles. The van der Waals surface area contributed by atoms with Gasteiger partial charge in [-0.15, -0.1) is 0 Å². The Morgan fingerprint density at radius 1 is 0.816 bits per heavy atom. The fourth-order valence-corrected chi connectivity index (χ4v) is 4.02. The summed E-state index contributed by atoms with van der Waals surface area (Å²) in [6.45, 7) is 2.35. The number of allylic oxidation sites excluding steroid dienone is 1. The standard InChI is InChI=1S/C31H32F3NO3/c1-3-4-5-6-7-28(25-12-14-26(15-13-25)30(37)35-21-20-29(36)38-2)24-10-8-22(9-11-24)23-16-18-27(19-17-23)31(32,33)34/h7-19H,3-6,20-21H2,1-2H3,(H,35,37)/b28-7-. The predicted octanol–water partition coefficient (Wildman–Crippen LogP) is 7.68. The minimum atomic E-state index is -4.36. The fraction of sp³-hybridized carbons (Fsp3) is 0.290. The SMILES string of the molecule is CCCCC/C=C(\c1ccc(C(=O)NCCC(=O)OC)cc1)c1ccc(-c2ccc(C(F)(F)F)cc2)cc1. The van der Waals surface area contributed by atoms with Gasteiger partial charge in [-0.25, -0.2) is 0 Å². The van der Waals surface area contributed by atoms with Gasteiger partial charge in [0.1, 0.15) is 0 Å². The molecule has 0 bridgehead atoms. The number of carbonyl (C=O) groups is 2. The van der Waals surface area contributed by atoms with Gasteiger partial charge in [0.05, 0.1) is 19.1 Å². The Hall–Kier alpha value is -3.87. The van der Waals surface area contributed by atoms with Crippen molar-refractivity contribution in [2.75, 3.05) is 13.7 Å². The number of halogens is 3. The van der Waals surface area contributed by atoms with E-state index in [1.54, 1.807) is 12.1 Å². The van der Waals surface area contributed by atoms with E-state index in [-0.39, 0.29) is 24.8 Å². The Labute approximate surface area is 221 Å². The number of benzene rings is 3. The van der Waals surface area contributed by atoms with Gasteiger partial charge < -0.3 is 10.1 Å². The van der Waals surface area contributed by atoms with Gasteiger partial charge in [-0.1, -0.05) is 74.4 Å². The molecule has 3 aromatic carbocycles. The molecular weight excluding hydrogens is 491 g/mol. The minimum Gasteiger partial charge on any atom is -0.469 e. The van der Waals surface area contributed by atoms with Crippen LogP contribution < -0.4 is 5.32 Å². The number of unbranched alkanes of at least 4 members (excludes halogenated alkanes) is 3. The largest absolute Gasteiger partial charge is 0.469 e. The summed E-state index contributed by atoms with van der Waals surface area (Å²) in [5.74, 6) is -0.655. The summed E-state index contributed by atoms with van der Waals surface area (Å²) >= 11 is 0. The molecule has 0 aromatic heterocycles. The van der Waals surface area contributed by atoms with Crippen LogP contribution in [0.1, 0.15) is 66.1 Å². The van der Waals surface area contributed by atoms with Crippen LogP contribution in [0.3, 0.4) is 0 Å². The third kappa shape index (κ3) is 8.07.